The number of hydrogen-bond donors (Lipinski definition) is 4. The van der Waals surface area contributed by atoms with Gasteiger partial charge in [0.2, 0.25) is 5.95 Å². The van der Waals surface area contributed by atoms with Gasteiger partial charge < -0.3 is 21.2 Å². The Balaban J connectivity index is 2.07. The molecule has 6 N–H and O–H groups in total. The smallest absolute Gasteiger partial charge is 0.223 e. The molecule has 0 bridgehead atoms. The van der Waals surface area contributed by atoms with E-state index in [1.807, 2.05) is 6.92 Å². The number of nitrogen functional groups attached to an aromatic ring is 2. The number of rotatable bonds is 3. The molecular weight excluding hydrogens is 232 g/mol. The van der Waals surface area contributed by atoms with Gasteiger partial charge in [0.05, 0.1) is 6.10 Å². The summed E-state index contributed by atoms with van der Waals surface area (Å²) >= 11 is 0. The standard InChI is InChI=1S/C11H20N6O/c1-7(18)8-2-4-17(5-3-8)10-6-9(16-13)14-11(12)15-10/h6-8,18H,2-5,13H2,1H3,(H3,12,14,15,16). The molecular formula is C11H20N6O. The van der Waals surface area contributed by atoms with Gasteiger partial charge in [0.1, 0.15) is 11.6 Å². The van der Waals surface area contributed by atoms with Crippen molar-refractivity contribution in [2.45, 2.75) is 25.9 Å². The van der Waals surface area contributed by atoms with Crippen LogP contribution in [-0.4, -0.2) is 34.3 Å². The summed E-state index contributed by atoms with van der Waals surface area (Å²) in [6.45, 7) is 3.56. The predicted octanol–water partition coefficient (Wildman–Crippen LogP) is -0.0584. The minimum atomic E-state index is -0.246. The Hall–Kier alpha value is -1.60. The van der Waals surface area contributed by atoms with Crippen molar-refractivity contribution in [3.05, 3.63) is 6.07 Å². The van der Waals surface area contributed by atoms with Gasteiger partial charge in [0.25, 0.3) is 0 Å². The quantitative estimate of drug-likeness (QED) is 0.440. The molecule has 1 fully saturated rings. The van der Waals surface area contributed by atoms with Crippen molar-refractivity contribution < 1.29 is 5.11 Å². The minimum absolute atomic E-state index is 0.207. The second-order valence-corrected chi connectivity index (χ2v) is 4.68. The lowest BCUT2D eigenvalue weighted by Crippen LogP contribution is -2.37. The van der Waals surface area contributed by atoms with E-state index in [1.54, 1.807) is 6.07 Å². The van der Waals surface area contributed by atoms with Crippen molar-refractivity contribution in [1.82, 2.24) is 9.97 Å². The Morgan fingerprint density at radius 3 is 2.67 bits per heavy atom. The highest BCUT2D eigenvalue weighted by Crippen LogP contribution is 2.25. The molecule has 0 spiro atoms. The number of aromatic nitrogens is 2. The molecule has 1 aliphatic heterocycles. The summed E-state index contributed by atoms with van der Waals surface area (Å²) in [4.78, 5) is 10.3. The molecule has 18 heavy (non-hydrogen) atoms. The predicted molar refractivity (Wildman–Crippen MR) is 70.9 cm³/mol. The van der Waals surface area contributed by atoms with Crippen LogP contribution in [0.1, 0.15) is 19.8 Å². The average Bonchev–Trinajstić information content (AvgIpc) is 2.38. The van der Waals surface area contributed by atoms with Crippen molar-refractivity contribution in [2.24, 2.45) is 11.8 Å². The lowest BCUT2D eigenvalue weighted by Gasteiger charge is -2.34. The second-order valence-electron chi connectivity index (χ2n) is 4.68. The van der Waals surface area contributed by atoms with E-state index in [9.17, 15) is 5.11 Å². The first-order chi connectivity index (χ1) is 8.60. The van der Waals surface area contributed by atoms with E-state index in [2.05, 4.69) is 20.3 Å². The van der Waals surface area contributed by atoms with Gasteiger partial charge in [-0.1, -0.05) is 0 Å². The van der Waals surface area contributed by atoms with E-state index in [1.165, 1.54) is 0 Å². The van der Waals surface area contributed by atoms with E-state index in [0.717, 1.165) is 31.7 Å². The molecule has 1 aromatic rings. The molecule has 0 amide bonds. The van der Waals surface area contributed by atoms with Crippen LogP contribution in [0.3, 0.4) is 0 Å². The fourth-order valence-corrected chi connectivity index (χ4v) is 2.30. The zero-order chi connectivity index (χ0) is 13.1. The molecule has 2 rings (SSSR count). The zero-order valence-electron chi connectivity index (χ0n) is 10.5. The van der Waals surface area contributed by atoms with Gasteiger partial charge in [-0.3, -0.25) is 0 Å². The summed E-state index contributed by atoms with van der Waals surface area (Å²) in [5.41, 5.74) is 8.11. The number of anilines is 3. The van der Waals surface area contributed by atoms with Crippen LogP contribution < -0.4 is 21.9 Å². The summed E-state index contributed by atoms with van der Waals surface area (Å²) in [6.07, 6.45) is 1.66. The number of nitrogens with zero attached hydrogens (tertiary/aromatic N) is 3. The monoisotopic (exact) mass is 252 g/mol. The van der Waals surface area contributed by atoms with Gasteiger partial charge in [0.15, 0.2) is 0 Å². The highest BCUT2D eigenvalue weighted by molar-refractivity contribution is 5.52. The summed E-state index contributed by atoms with van der Waals surface area (Å²) < 4.78 is 0. The molecule has 1 saturated heterocycles. The van der Waals surface area contributed by atoms with E-state index in [-0.39, 0.29) is 12.1 Å². The number of nitrogens with one attached hydrogen (secondary N) is 1. The number of piperidine rings is 1. The van der Waals surface area contributed by atoms with Crippen LogP contribution in [0.25, 0.3) is 0 Å². The molecule has 100 valence electrons. The van der Waals surface area contributed by atoms with Gasteiger partial charge >= 0.3 is 0 Å². The number of hydrogen-bond acceptors (Lipinski definition) is 7. The minimum Gasteiger partial charge on any atom is -0.393 e. The van der Waals surface area contributed by atoms with E-state index >= 15 is 0 Å². The average molecular weight is 252 g/mol. The number of aliphatic hydroxyl groups excluding tert-OH is 1. The number of hydrazine groups is 1. The molecule has 1 aliphatic rings. The largest absolute Gasteiger partial charge is 0.393 e. The molecule has 7 nitrogen and oxygen atoms in total. The number of aliphatic hydroxyl groups is 1. The molecule has 1 unspecified atom stereocenters. The highest BCUT2D eigenvalue weighted by Gasteiger charge is 2.23. The van der Waals surface area contributed by atoms with Crippen LogP contribution in [-0.2, 0) is 0 Å². The van der Waals surface area contributed by atoms with E-state index in [0.29, 0.717) is 11.7 Å². The lowest BCUT2D eigenvalue weighted by atomic mass is 9.92. The van der Waals surface area contributed by atoms with Crippen LogP contribution >= 0.6 is 0 Å². The molecule has 0 aromatic carbocycles. The van der Waals surface area contributed by atoms with Crippen molar-refractivity contribution in [3.63, 3.8) is 0 Å². The Morgan fingerprint density at radius 2 is 2.11 bits per heavy atom. The van der Waals surface area contributed by atoms with Crippen LogP contribution in [0, 0.1) is 5.92 Å². The Labute approximate surface area is 106 Å². The third-order valence-corrected chi connectivity index (χ3v) is 3.42. The summed E-state index contributed by atoms with van der Waals surface area (Å²) in [7, 11) is 0. The molecule has 1 aromatic heterocycles. The summed E-state index contributed by atoms with van der Waals surface area (Å²) in [5, 5.41) is 9.57. The maximum atomic E-state index is 9.57. The summed E-state index contributed by atoms with van der Waals surface area (Å²) in [6, 6.07) is 1.78. The zero-order valence-corrected chi connectivity index (χ0v) is 10.5. The van der Waals surface area contributed by atoms with Crippen LogP contribution in [0.2, 0.25) is 0 Å². The molecule has 0 radical (unpaired) electrons. The first-order valence-corrected chi connectivity index (χ1v) is 6.14. The molecule has 0 aliphatic carbocycles. The van der Waals surface area contributed by atoms with Crippen LogP contribution in [0.5, 0.6) is 0 Å². The maximum Gasteiger partial charge on any atom is 0.223 e. The Morgan fingerprint density at radius 1 is 1.44 bits per heavy atom. The second kappa shape index (κ2) is 5.36. The first-order valence-electron chi connectivity index (χ1n) is 6.14. The fourth-order valence-electron chi connectivity index (χ4n) is 2.30. The molecule has 2 heterocycles. The SMILES string of the molecule is CC(O)C1CCN(c2cc(NN)nc(N)n2)CC1. The van der Waals surface area contributed by atoms with Crippen molar-refractivity contribution in [1.29, 1.82) is 0 Å². The Kier molecular flexibility index (Phi) is 3.83. The molecule has 1 atom stereocenters. The van der Waals surface area contributed by atoms with Crippen LogP contribution in [0.4, 0.5) is 17.6 Å². The van der Waals surface area contributed by atoms with Gasteiger partial charge in [-0.25, -0.2) is 5.84 Å². The van der Waals surface area contributed by atoms with E-state index in [4.69, 9.17) is 11.6 Å². The van der Waals surface area contributed by atoms with Gasteiger partial charge in [-0.15, -0.1) is 0 Å². The third-order valence-electron chi connectivity index (χ3n) is 3.42. The van der Waals surface area contributed by atoms with Crippen molar-refractivity contribution in [3.8, 4) is 0 Å². The van der Waals surface area contributed by atoms with Crippen molar-refractivity contribution in [2.75, 3.05) is 29.1 Å². The third kappa shape index (κ3) is 2.80. The van der Waals surface area contributed by atoms with E-state index < -0.39 is 0 Å². The van der Waals surface area contributed by atoms with Crippen LogP contribution in [0.15, 0.2) is 6.07 Å². The normalized spacial score (nSPS) is 18.7. The lowest BCUT2D eigenvalue weighted by molar-refractivity contribution is 0.110. The Bertz CT molecular complexity index is 403. The van der Waals surface area contributed by atoms with Crippen molar-refractivity contribution >= 4 is 17.6 Å². The van der Waals surface area contributed by atoms with Gasteiger partial charge in [0, 0.05) is 19.2 Å². The summed E-state index contributed by atoms with van der Waals surface area (Å²) in [5.74, 6) is 7.19. The molecule has 7 heteroatoms. The van der Waals surface area contributed by atoms with Gasteiger partial charge in [-0.05, 0) is 25.7 Å². The van der Waals surface area contributed by atoms with Gasteiger partial charge in [-0.2, -0.15) is 9.97 Å². The molecule has 0 saturated carbocycles. The first kappa shape index (κ1) is 12.8. The fraction of sp³-hybridized carbons (Fsp3) is 0.636. The topological polar surface area (TPSA) is 113 Å². The number of nitrogens with two attached hydrogens (primary N) is 2. The maximum absolute atomic E-state index is 9.57. The highest BCUT2D eigenvalue weighted by atomic mass is 16.3.